The highest BCUT2D eigenvalue weighted by Crippen LogP contribution is 2.29. The van der Waals surface area contributed by atoms with E-state index >= 15 is 0 Å². The van der Waals surface area contributed by atoms with Crippen LogP contribution in [0.4, 0.5) is 5.69 Å². The molecule has 0 N–H and O–H groups in total. The zero-order chi connectivity index (χ0) is 14.0. The van der Waals surface area contributed by atoms with Crippen LogP contribution < -0.4 is 4.90 Å². The van der Waals surface area contributed by atoms with E-state index in [1.165, 1.54) is 11.3 Å². The van der Waals surface area contributed by atoms with Crippen LogP contribution in [0.5, 0.6) is 0 Å². The number of alkyl halides is 1. The number of rotatable bonds is 2. The maximum atomic E-state index is 6.39. The molecule has 0 spiro atoms. The molecule has 1 aromatic rings. The highest BCUT2D eigenvalue weighted by Gasteiger charge is 2.26. The average molecular weight is 346 g/mol. The highest BCUT2D eigenvalue weighted by atomic mass is 79.9. The monoisotopic (exact) mass is 344 g/mol. The van der Waals surface area contributed by atoms with E-state index in [2.05, 4.69) is 64.7 Å². The Morgan fingerprint density at radius 1 is 1.16 bits per heavy atom. The summed E-state index contributed by atoms with van der Waals surface area (Å²) >= 11 is 9.85. The molecule has 1 saturated heterocycles. The molecule has 0 saturated carbocycles. The van der Waals surface area contributed by atoms with Crippen LogP contribution in [0.25, 0.3) is 0 Å². The molecule has 0 atom stereocenters. The van der Waals surface area contributed by atoms with Crippen molar-refractivity contribution in [1.29, 1.82) is 0 Å². The molecule has 1 aliphatic rings. The Hall–Kier alpha value is -0.250. The van der Waals surface area contributed by atoms with Crippen molar-refractivity contribution < 1.29 is 0 Å². The Morgan fingerprint density at radius 2 is 1.79 bits per heavy atom. The fourth-order valence-electron chi connectivity index (χ4n) is 2.51. The van der Waals surface area contributed by atoms with Crippen molar-refractivity contribution in [2.24, 2.45) is 0 Å². The zero-order valence-corrected chi connectivity index (χ0v) is 14.3. The van der Waals surface area contributed by atoms with E-state index in [4.69, 9.17) is 11.6 Å². The van der Waals surface area contributed by atoms with E-state index in [1.807, 2.05) is 0 Å². The first-order valence-corrected chi connectivity index (χ1v) is 8.26. The Labute approximate surface area is 129 Å². The van der Waals surface area contributed by atoms with Crippen molar-refractivity contribution in [2.75, 3.05) is 31.1 Å². The second kappa shape index (κ2) is 6.02. The molecule has 19 heavy (non-hydrogen) atoms. The summed E-state index contributed by atoms with van der Waals surface area (Å²) in [5, 5.41) is 1.71. The van der Waals surface area contributed by atoms with Crippen LogP contribution >= 0.6 is 27.5 Å². The molecule has 2 rings (SSSR count). The molecule has 1 heterocycles. The smallest absolute Gasteiger partial charge is 0.0642 e. The third-order valence-electron chi connectivity index (χ3n) is 3.74. The second-order valence-electron chi connectivity index (χ2n) is 6.06. The van der Waals surface area contributed by atoms with Gasteiger partial charge in [-0.2, -0.15) is 0 Å². The van der Waals surface area contributed by atoms with Gasteiger partial charge in [0.2, 0.25) is 0 Å². The normalized spacial score (nSPS) is 17.8. The Bertz CT molecular complexity index is 434. The van der Waals surface area contributed by atoms with Gasteiger partial charge in [0, 0.05) is 37.0 Å². The number of halogens is 2. The first-order valence-electron chi connectivity index (χ1n) is 6.76. The highest BCUT2D eigenvalue weighted by molar-refractivity contribution is 9.08. The maximum Gasteiger partial charge on any atom is 0.0642 e. The van der Waals surface area contributed by atoms with Crippen molar-refractivity contribution in [3.8, 4) is 0 Å². The molecule has 0 amide bonds. The molecule has 0 bridgehead atoms. The van der Waals surface area contributed by atoms with Crippen LogP contribution in [0.3, 0.4) is 0 Å². The van der Waals surface area contributed by atoms with E-state index in [-0.39, 0.29) is 5.54 Å². The summed E-state index contributed by atoms with van der Waals surface area (Å²) in [7, 11) is 0. The predicted molar refractivity (Wildman–Crippen MR) is 87.6 cm³/mol. The van der Waals surface area contributed by atoms with Crippen molar-refractivity contribution in [1.82, 2.24) is 4.90 Å². The van der Waals surface area contributed by atoms with Gasteiger partial charge in [-0.3, -0.25) is 4.90 Å². The number of piperazine rings is 1. The minimum Gasteiger partial charge on any atom is -0.368 e. The summed E-state index contributed by atoms with van der Waals surface area (Å²) in [4.78, 5) is 4.92. The summed E-state index contributed by atoms with van der Waals surface area (Å²) in [6.45, 7) is 11.1. The van der Waals surface area contributed by atoms with Gasteiger partial charge in [0.05, 0.1) is 10.7 Å². The fourth-order valence-corrected chi connectivity index (χ4v) is 3.18. The largest absolute Gasteiger partial charge is 0.368 e. The van der Waals surface area contributed by atoms with Gasteiger partial charge in [-0.15, -0.1) is 0 Å². The van der Waals surface area contributed by atoms with Crippen molar-refractivity contribution in [2.45, 2.75) is 31.6 Å². The summed E-state index contributed by atoms with van der Waals surface area (Å²) in [6, 6.07) is 6.35. The zero-order valence-electron chi connectivity index (χ0n) is 11.9. The van der Waals surface area contributed by atoms with Crippen LogP contribution in [-0.2, 0) is 5.33 Å². The average Bonchev–Trinajstić information content (AvgIpc) is 2.37. The summed E-state index contributed by atoms with van der Waals surface area (Å²) in [6.07, 6.45) is 0. The number of benzene rings is 1. The molecule has 0 aliphatic carbocycles. The lowest BCUT2D eigenvalue weighted by Crippen LogP contribution is -2.53. The van der Waals surface area contributed by atoms with Gasteiger partial charge in [-0.25, -0.2) is 0 Å². The molecule has 1 fully saturated rings. The number of hydrogen-bond donors (Lipinski definition) is 0. The number of anilines is 1. The molecule has 106 valence electrons. The summed E-state index contributed by atoms with van der Waals surface area (Å²) in [5.74, 6) is 0. The topological polar surface area (TPSA) is 6.48 Å². The number of nitrogens with zero attached hydrogens (tertiary/aromatic N) is 2. The van der Waals surface area contributed by atoms with E-state index in [0.29, 0.717) is 0 Å². The Morgan fingerprint density at radius 3 is 2.26 bits per heavy atom. The standard InChI is InChI=1S/C15H22BrClN2/c1-15(2,3)19-8-6-18(7-9-19)14-5-4-12(11-16)10-13(14)17/h4-5,10H,6-9,11H2,1-3H3. The van der Waals surface area contributed by atoms with Crippen molar-refractivity contribution in [3.05, 3.63) is 28.8 Å². The quantitative estimate of drug-likeness (QED) is 0.743. The SMILES string of the molecule is CC(C)(C)N1CCN(c2ccc(CBr)cc2Cl)CC1. The lowest BCUT2D eigenvalue weighted by molar-refractivity contribution is 0.128. The molecule has 1 aliphatic heterocycles. The van der Waals surface area contributed by atoms with E-state index < -0.39 is 0 Å². The minimum absolute atomic E-state index is 0.260. The third kappa shape index (κ3) is 3.65. The van der Waals surface area contributed by atoms with Crippen LogP contribution in [0.1, 0.15) is 26.3 Å². The van der Waals surface area contributed by atoms with Crippen LogP contribution in [-0.4, -0.2) is 36.6 Å². The third-order valence-corrected chi connectivity index (χ3v) is 4.69. The van der Waals surface area contributed by atoms with Gasteiger partial charge in [-0.05, 0) is 38.5 Å². The fraction of sp³-hybridized carbons (Fsp3) is 0.600. The van der Waals surface area contributed by atoms with Gasteiger partial charge in [0.1, 0.15) is 0 Å². The van der Waals surface area contributed by atoms with Crippen molar-refractivity contribution >= 4 is 33.2 Å². The first kappa shape index (κ1) is 15.1. The summed E-state index contributed by atoms with van der Waals surface area (Å²) < 4.78 is 0. The lowest BCUT2D eigenvalue weighted by Gasteiger charge is -2.43. The molecule has 4 heteroatoms. The van der Waals surface area contributed by atoms with Crippen molar-refractivity contribution in [3.63, 3.8) is 0 Å². The predicted octanol–water partition coefficient (Wildman–Crippen LogP) is 4.16. The molecule has 0 unspecified atom stereocenters. The lowest BCUT2D eigenvalue weighted by atomic mass is 10.0. The minimum atomic E-state index is 0.260. The van der Waals surface area contributed by atoms with Crippen LogP contribution in [0.2, 0.25) is 5.02 Å². The van der Waals surface area contributed by atoms with E-state index in [0.717, 1.165) is 36.5 Å². The van der Waals surface area contributed by atoms with Gasteiger partial charge < -0.3 is 4.90 Å². The molecular weight excluding hydrogens is 324 g/mol. The van der Waals surface area contributed by atoms with Gasteiger partial charge in [0.25, 0.3) is 0 Å². The molecule has 1 aromatic carbocycles. The number of hydrogen-bond acceptors (Lipinski definition) is 2. The van der Waals surface area contributed by atoms with Crippen LogP contribution in [0, 0.1) is 0 Å². The molecule has 0 radical (unpaired) electrons. The Balaban J connectivity index is 2.06. The maximum absolute atomic E-state index is 6.39. The van der Waals surface area contributed by atoms with E-state index in [9.17, 15) is 0 Å². The molecular formula is C15H22BrClN2. The van der Waals surface area contributed by atoms with Gasteiger partial charge in [0.15, 0.2) is 0 Å². The van der Waals surface area contributed by atoms with E-state index in [1.54, 1.807) is 0 Å². The summed E-state index contributed by atoms with van der Waals surface area (Å²) in [5.41, 5.74) is 2.65. The van der Waals surface area contributed by atoms with Gasteiger partial charge in [-0.1, -0.05) is 33.6 Å². The second-order valence-corrected chi connectivity index (χ2v) is 7.03. The molecule has 2 nitrogen and oxygen atoms in total. The molecule has 0 aromatic heterocycles. The Kier molecular flexibility index (Phi) is 4.80. The first-order chi connectivity index (χ1) is 8.91. The van der Waals surface area contributed by atoms with Crippen LogP contribution in [0.15, 0.2) is 18.2 Å². The van der Waals surface area contributed by atoms with Gasteiger partial charge >= 0.3 is 0 Å².